The smallest absolute Gasteiger partial charge is 0.135 e. The molecular formula is C52H35NO. The lowest BCUT2D eigenvalue weighted by atomic mass is 9.94. The van der Waals surface area contributed by atoms with Gasteiger partial charge >= 0.3 is 0 Å². The maximum absolute atomic E-state index is 6.27. The summed E-state index contributed by atoms with van der Waals surface area (Å²) in [7, 11) is 0. The zero-order valence-electron chi connectivity index (χ0n) is 29.6. The monoisotopic (exact) mass is 689 g/mol. The van der Waals surface area contributed by atoms with Crippen LogP contribution in [0.3, 0.4) is 0 Å². The lowest BCUT2D eigenvalue weighted by Crippen LogP contribution is -2.10. The van der Waals surface area contributed by atoms with Crippen molar-refractivity contribution >= 4 is 49.6 Å². The molecule has 0 saturated carbocycles. The highest BCUT2D eigenvalue weighted by molar-refractivity contribution is 6.06. The van der Waals surface area contributed by atoms with E-state index < -0.39 is 0 Å². The van der Waals surface area contributed by atoms with Gasteiger partial charge in [0.25, 0.3) is 0 Å². The maximum Gasteiger partial charge on any atom is 0.135 e. The molecule has 254 valence electrons. The van der Waals surface area contributed by atoms with Crippen LogP contribution in [0.1, 0.15) is 0 Å². The third-order valence-corrected chi connectivity index (χ3v) is 10.4. The molecule has 0 atom stereocenters. The minimum absolute atomic E-state index is 0.871. The van der Waals surface area contributed by atoms with Crippen molar-refractivity contribution in [2.45, 2.75) is 0 Å². The molecule has 1 heterocycles. The third kappa shape index (κ3) is 5.81. The first-order valence-electron chi connectivity index (χ1n) is 18.4. The minimum atomic E-state index is 0.871. The molecule has 2 nitrogen and oxygen atoms in total. The predicted molar refractivity (Wildman–Crippen MR) is 228 cm³/mol. The van der Waals surface area contributed by atoms with Crippen LogP contribution in [0, 0.1) is 0 Å². The summed E-state index contributed by atoms with van der Waals surface area (Å²) in [5.41, 5.74) is 12.3. The number of para-hydroxylation sites is 1. The molecule has 0 bridgehead atoms. The van der Waals surface area contributed by atoms with Gasteiger partial charge < -0.3 is 9.32 Å². The van der Waals surface area contributed by atoms with Crippen molar-refractivity contribution in [1.82, 2.24) is 0 Å². The lowest BCUT2D eigenvalue weighted by molar-refractivity contribution is 0.631. The Hall–Kier alpha value is -7.16. The quantitative estimate of drug-likeness (QED) is 0.166. The molecule has 0 aliphatic heterocycles. The molecule has 0 radical (unpaired) electrons. The molecule has 54 heavy (non-hydrogen) atoms. The Kier molecular flexibility index (Phi) is 7.85. The van der Waals surface area contributed by atoms with E-state index in [1.165, 1.54) is 49.4 Å². The molecule has 0 aliphatic rings. The summed E-state index contributed by atoms with van der Waals surface area (Å²) < 4.78 is 6.27. The van der Waals surface area contributed by atoms with Gasteiger partial charge in [0.1, 0.15) is 11.3 Å². The Morgan fingerprint density at radius 3 is 1.80 bits per heavy atom. The SMILES string of the molecule is c1ccc(-c2cccc(N(c3ccc(-c4ccc5ccccc5c4)cc3)c3ccc(-c4cccc(-c5cc6ccccc6o5)c4)c4ccccc34)c2)cc1. The average Bonchev–Trinajstić information content (AvgIpc) is 3.69. The maximum atomic E-state index is 6.27. The van der Waals surface area contributed by atoms with E-state index in [-0.39, 0.29) is 0 Å². The number of benzene rings is 9. The lowest BCUT2D eigenvalue weighted by Gasteiger charge is -2.28. The molecule has 0 aliphatic carbocycles. The van der Waals surface area contributed by atoms with Crippen LogP contribution >= 0.6 is 0 Å². The molecule has 0 amide bonds. The highest BCUT2D eigenvalue weighted by atomic mass is 16.3. The molecule has 0 saturated heterocycles. The highest BCUT2D eigenvalue weighted by Crippen LogP contribution is 2.44. The molecule has 9 aromatic carbocycles. The Labute approximate surface area is 314 Å². The minimum Gasteiger partial charge on any atom is -0.456 e. The number of fused-ring (bicyclic) bond motifs is 3. The Morgan fingerprint density at radius 1 is 0.315 bits per heavy atom. The van der Waals surface area contributed by atoms with E-state index in [9.17, 15) is 0 Å². The molecule has 0 spiro atoms. The van der Waals surface area contributed by atoms with Gasteiger partial charge in [0.15, 0.2) is 0 Å². The van der Waals surface area contributed by atoms with Gasteiger partial charge in [-0.2, -0.15) is 0 Å². The first kappa shape index (κ1) is 31.6. The molecular weight excluding hydrogens is 655 g/mol. The van der Waals surface area contributed by atoms with Crippen LogP contribution in [-0.2, 0) is 0 Å². The molecule has 2 heteroatoms. The average molecular weight is 690 g/mol. The van der Waals surface area contributed by atoms with Gasteiger partial charge in [-0.25, -0.2) is 0 Å². The number of hydrogen-bond acceptors (Lipinski definition) is 2. The summed E-state index contributed by atoms with van der Waals surface area (Å²) >= 11 is 0. The standard InChI is InChI=1S/C52H35NO/c1-2-12-36(13-3-1)40-17-11-20-46(34-40)53(45-28-26-38(27-29-45)41-25-24-37-14-4-5-15-39(37)32-41)50-31-30-47(48-21-7-8-22-49(48)50)42-18-10-19-43(33-42)52-35-44-16-6-9-23-51(44)54-52/h1-35H. The predicted octanol–water partition coefficient (Wildman–Crippen LogP) is 14.9. The fourth-order valence-corrected chi connectivity index (χ4v) is 7.75. The number of hydrogen-bond donors (Lipinski definition) is 0. The van der Waals surface area contributed by atoms with Crippen LogP contribution in [0.25, 0.3) is 77.2 Å². The molecule has 0 unspecified atom stereocenters. The van der Waals surface area contributed by atoms with E-state index in [1.54, 1.807) is 0 Å². The molecule has 0 N–H and O–H groups in total. The fraction of sp³-hybridized carbons (Fsp3) is 0. The van der Waals surface area contributed by atoms with Crippen molar-refractivity contribution in [2.75, 3.05) is 4.90 Å². The van der Waals surface area contributed by atoms with E-state index in [2.05, 4.69) is 199 Å². The number of nitrogens with zero attached hydrogens (tertiary/aromatic N) is 1. The normalized spacial score (nSPS) is 11.3. The second-order valence-electron chi connectivity index (χ2n) is 13.8. The van der Waals surface area contributed by atoms with Crippen LogP contribution in [0.4, 0.5) is 17.1 Å². The van der Waals surface area contributed by atoms with Crippen molar-refractivity contribution in [3.8, 4) is 44.7 Å². The second-order valence-corrected chi connectivity index (χ2v) is 13.8. The van der Waals surface area contributed by atoms with Crippen molar-refractivity contribution < 1.29 is 4.42 Å². The molecule has 1 aromatic heterocycles. The van der Waals surface area contributed by atoms with E-state index in [1.807, 2.05) is 18.2 Å². The van der Waals surface area contributed by atoms with Gasteiger partial charge in [-0.05, 0) is 104 Å². The zero-order chi connectivity index (χ0) is 35.8. The topological polar surface area (TPSA) is 16.4 Å². The van der Waals surface area contributed by atoms with E-state index in [0.29, 0.717) is 0 Å². The fourth-order valence-electron chi connectivity index (χ4n) is 7.75. The van der Waals surface area contributed by atoms with Gasteiger partial charge in [0.05, 0.1) is 5.69 Å². The summed E-state index contributed by atoms with van der Waals surface area (Å²) in [5, 5.41) is 5.96. The number of anilines is 3. The molecule has 10 aromatic rings. The van der Waals surface area contributed by atoms with Crippen molar-refractivity contribution in [1.29, 1.82) is 0 Å². The van der Waals surface area contributed by atoms with Crippen molar-refractivity contribution in [3.05, 3.63) is 212 Å². The van der Waals surface area contributed by atoms with Crippen LogP contribution in [0.2, 0.25) is 0 Å². The second kappa shape index (κ2) is 13.4. The van der Waals surface area contributed by atoms with Crippen LogP contribution in [0.5, 0.6) is 0 Å². The summed E-state index contributed by atoms with van der Waals surface area (Å²) in [5.74, 6) is 0.871. The van der Waals surface area contributed by atoms with Gasteiger partial charge in [0, 0.05) is 27.7 Å². The summed E-state index contributed by atoms with van der Waals surface area (Å²) in [6.45, 7) is 0. The van der Waals surface area contributed by atoms with Crippen molar-refractivity contribution in [2.24, 2.45) is 0 Å². The highest BCUT2D eigenvalue weighted by Gasteiger charge is 2.19. The van der Waals surface area contributed by atoms with Crippen molar-refractivity contribution in [3.63, 3.8) is 0 Å². The first-order chi connectivity index (χ1) is 26.7. The summed E-state index contributed by atoms with van der Waals surface area (Å²) in [6, 6.07) is 76.0. The van der Waals surface area contributed by atoms with Gasteiger partial charge in [-0.15, -0.1) is 0 Å². The van der Waals surface area contributed by atoms with E-state index in [4.69, 9.17) is 4.42 Å². The van der Waals surface area contributed by atoms with E-state index >= 15 is 0 Å². The number of rotatable bonds is 7. The van der Waals surface area contributed by atoms with Crippen LogP contribution < -0.4 is 4.90 Å². The number of furan rings is 1. The Balaban J connectivity index is 1.10. The molecule has 10 rings (SSSR count). The van der Waals surface area contributed by atoms with E-state index in [0.717, 1.165) is 44.9 Å². The summed E-state index contributed by atoms with van der Waals surface area (Å²) in [6.07, 6.45) is 0. The summed E-state index contributed by atoms with van der Waals surface area (Å²) in [4.78, 5) is 2.40. The first-order valence-corrected chi connectivity index (χ1v) is 18.4. The Bertz CT molecular complexity index is 2910. The van der Waals surface area contributed by atoms with Crippen LogP contribution in [-0.4, -0.2) is 0 Å². The third-order valence-electron chi connectivity index (χ3n) is 10.4. The Morgan fingerprint density at radius 2 is 0.944 bits per heavy atom. The molecule has 0 fully saturated rings. The van der Waals surface area contributed by atoms with Gasteiger partial charge in [-0.3, -0.25) is 0 Å². The zero-order valence-corrected chi connectivity index (χ0v) is 29.6. The van der Waals surface area contributed by atoms with Gasteiger partial charge in [-0.1, -0.05) is 158 Å². The van der Waals surface area contributed by atoms with Gasteiger partial charge in [0.2, 0.25) is 0 Å². The van der Waals surface area contributed by atoms with Crippen LogP contribution in [0.15, 0.2) is 217 Å². The largest absolute Gasteiger partial charge is 0.456 e.